The predicted octanol–water partition coefficient (Wildman–Crippen LogP) is 0.149. The molecule has 1 aromatic rings. The van der Waals surface area contributed by atoms with Gasteiger partial charge in [0.1, 0.15) is 12.3 Å². The molecular formula is C9H14N2O3. The second-order valence-electron chi connectivity index (χ2n) is 2.74. The number of aromatic nitrogens is 1. The lowest BCUT2D eigenvalue weighted by atomic mass is 10.4. The van der Waals surface area contributed by atoms with Gasteiger partial charge in [-0.3, -0.25) is 0 Å². The molecular weight excluding hydrogens is 184 g/mol. The zero-order valence-electron chi connectivity index (χ0n) is 8.32. The lowest BCUT2D eigenvalue weighted by molar-refractivity contribution is 0.0588. The molecule has 0 aliphatic rings. The van der Waals surface area contributed by atoms with Crippen LogP contribution in [0.15, 0.2) is 12.1 Å². The number of esters is 1. The zero-order valence-corrected chi connectivity index (χ0v) is 8.32. The second-order valence-corrected chi connectivity index (χ2v) is 2.74. The van der Waals surface area contributed by atoms with Crippen molar-refractivity contribution in [1.29, 1.82) is 0 Å². The fourth-order valence-corrected chi connectivity index (χ4v) is 1.11. The maximum atomic E-state index is 11.2. The number of rotatable bonds is 4. The van der Waals surface area contributed by atoms with Gasteiger partial charge in [0, 0.05) is 19.7 Å². The van der Waals surface area contributed by atoms with Crippen molar-refractivity contribution in [2.45, 2.75) is 0 Å². The first-order chi connectivity index (χ1) is 6.70. The van der Waals surface area contributed by atoms with E-state index in [4.69, 9.17) is 10.5 Å². The first kappa shape index (κ1) is 10.6. The first-order valence-corrected chi connectivity index (χ1v) is 4.27. The van der Waals surface area contributed by atoms with Crippen molar-refractivity contribution in [2.75, 3.05) is 20.3 Å². The van der Waals surface area contributed by atoms with E-state index in [1.165, 1.54) is 7.11 Å². The first-order valence-electron chi connectivity index (χ1n) is 4.27. The highest BCUT2D eigenvalue weighted by Crippen LogP contribution is 2.15. The van der Waals surface area contributed by atoms with Crippen LogP contribution in [0.5, 0.6) is 5.88 Å². The molecule has 0 saturated heterocycles. The van der Waals surface area contributed by atoms with E-state index in [1.807, 2.05) is 0 Å². The third-order valence-electron chi connectivity index (χ3n) is 1.84. The molecule has 0 bridgehead atoms. The summed E-state index contributed by atoms with van der Waals surface area (Å²) in [6.07, 6.45) is 0. The molecule has 0 spiro atoms. The van der Waals surface area contributed by atoms with Crippen molar-refractivity contribution in [2.24, 2.45) is 12.8 Å². The summed E-state index contributed by atoms with van der Waals surface area (Å²) in [5.41, 5.74) is 5.75. The number of hydrogen-bond donors (Lipinski definition) is 1. The molecule has 1 heterocycles. The van der Waals surface area contributed by atoms with E-state index >= 15 is 0 Å². The average molecular weight is 198 g/mol. The van der Waals surface area contributed by atoms with Gasteiger partial charge in [-0.25, -0.2) is 4.79 Å². The van der Waals surface area contributed by atoms with Gasteiger partial charge in [-0.1, -0.05) is 0 Å². The minimum Gasteiger partial charge on any atom is -0.477 e. The fourth-order valence-electron chi connectivity index (χ4n) is 1.11. The number of carbonyl (C=O) groups is 1. The van der Waals surface area contributed by atoms with Gasteiger partial charge in [-0.15, -0.1) is 0 Å². The molecule has 5 nitrogen and oxygen atoms in total. The van der Waals surface area contributed by atoms with Gasteiger partial charge in [0.2, 0.25) is 0 Å². The quantitative estimate of drug-likeness (QED) is 0.699. The van der Waals surface area contributed by atoms with E-state index in [0.717, 1.165) is 0 Å². The van der Waals surface area contributed by atoms with Crippen LogP contribution in [0.3, 0.4) is 0 Å². The maximum Gasteiger partial charge on any atom is 0.354 e. The molecule has 0 aliphatic heterocycles. The number of ether oxygens (including phenoxy) is 2. The Kier molecular flexibility index (Phi) is 3.53. The molecule has 0 amide bonds. The SMILES string of the molecule is COC(=O)c1ccc(OCCN)n1C. The standard InChI is InChI=1S/C9H14N2O3/c1-11-7(9(12)13-2)3-4-8(11)14-6-5-10/h3-4H,5-6,10H2,1-2H3. The maximum absolute atomic E-state index is 11.2. The van der Waals surface area contributed by atoms with Crippen LogP contribution in [0.4, 0.5) is 0 Å². The molecule has 0 radical (unpaired) electrons. The molecule has 0 saturated carbocycles. The Morgan fingerprint density at radius 1 is 1.57 bits per heavy atom. The van der Waals surface area contributed by atoms with Crippen molar-refractivity contribution in [1.82, 2.24) is 4.57 Å². The van der Waals surface area contributed by atoms with Crippen molar-refractivity contribution in [3.05, 3.63) is 17.8 Å². The summed E-state index contributed by atoms with van der Waals surface area (Å²) in [5.74, 6) is 0.228. The second kappa shape index (κ2) is 4.66. The van der Waals surface area contributed by atoms with E-state index in [-0.39, 0.29) is 5.97 Å². The smallest absolute Gasteiger partial charge is 0.354 e. The van der Waals surface area contributed by atoms with Crippen LogP contribution in [0.25, 0.3) is 0 Å². The van der Waals surface area contributed by atoms with Crippen LogP contribution in [-0.4, -0.2) is 30.8 Å². The van der Waals surface area contributed by atoms with E-state index < -0.39 is 0 Å². The van der Waals surface area contributed by atoms with E-state index in [1.54, 1.807) is 23.7 Å². The number of nitrogens with two attached hydrogens (primary N) is 1. The van der Waals surface area contributed by atoms with Gasteiger partial charge in [0.25, 0.3) is 0 Å². The number of nitrogens with zero attached hydrogens (tertiary/aromatic N) is 1. The van der Waals surface area contributed by atoms with Gasteiger partial charge in [-0.05, 0) is 6.07 Å². The minimum absolute atomic E-state index is 0.380. The summed E-state index contributed by atoms with van der Waals surface area (Å²) < 4.78 is 11.5. The van der Waals surface area contributed by atoms with Gasteiger partial charge in [0.15, 0.2) is 5.88 Å². The Labute approximate surface area is 82.4 Å². The predicted molar refractivity (Wildman–Crippen MR) is 51.3 cm³/mol. The van der Waals surface area contributed by atoms with E-state index in [2.05, 4.69) is 4.74 Å². The van der Waals surface area contributed by atoms with Crippen molar-refractivity contribution < 1.29 is 14.3 Å². The van der Waals surface area contributed by atoms with Crippen LogP contribution in [0, 0.1) is 0 Å². The monoisotopic (exact) mass is 198 g/mol. The van der Waals surface area contributed by atoms with Crippen LogP contribution < -0.4 is 10.5 Å². The summed E-state index contributed by atoms with van der Waals surface area (Å²) in [7, 11) is 3.08. The largest absolute Gasteiger partial charge is 0.477 e. The summed E-state index contributed by atoms with van der Waals surface area (Å²) >= 11 is 0. The molecule has 0 unspecified atom stereocenters. The molecule has 0 fully saturated rings. The Morgan fingerprint density at radius 2 is 2.29 bits per heavy atom. The Balaban J connectivity index is 2.80. The average Bonchev–Trinajstić information content (AvgIpc) is 2.56. The van der Waals surface area contributed by atoms with Crippen LogP contribution >= 0.6 is 0 Å². The lowest BCUT2D eigenvalue weighted by Gasteiger charge is -2.07. The van der Waals surface area contributed by atoms with Crippen LogP contribution in [0.1, 0.15) is 10.5 Å². The number of carbonyl (C=O) groups excluding carboxylic acids is 1. The molecule has 0 aliphatic carbocycles. The topological polar surface area (TPSA) is 66.5 Å². The molecule has 78 valence electrons. The summed E-state index contributed by atoms with van der Waals surface area (Å²) in [6, 6.07) is 3.36. The van der Waals surface area contributed by atoms with Gasteiger partial charge in [0.05, 0.1) is 7.11 Å². The van der Waals surface area contributed by atoms with E-state index in [0.29, 0.717) is 24.7 Å². The van der Waals surface area contributed by atoms with Crippen molar-refractivity contribution >= 4 is 5.97 Å². The normalized spacial score (nSPS) is 9.93. The molecule has 2 N–H and O–H groups in total. The van der Waals surface area contributed by atoms with Crippen LogP contribution in [0.2, 0.25) is 0 Å². The minimum atomic E-state index is -0.380. The van der Waals surface area contributed by atoms with Crippen molar-refractivity contribution in [3.8, 4) is 5.88 Å². The molecule has 0 atom stereocenters. The van der Waals surface area contributed by atoms with E-state index in [9.17, 15) is 4.79 Å². The van der Waals surface area contributed by atoms with Gasteiger partial charge in [-0.2, -0.15) is 0 Å². The molecule has 0 aromatic carbocycles. The highest BCUT2D eigenvalue weighted by Gasteiger charge is 2.12. The third-order valence-corrected chi connectivity index (χ3v) is 1.84. The van der Waals surface area contributed by atoms with Gasteiger partial charge < -0.3 is 19.8 Å². The van der Waals surface area contributed by atoms with Crippen molar-refractivity contribution in [3.63, 3.8) is 0 Å². The van der Waals surface area contributed by atoms with Crippen LogP contribution in [-0.2, 0) is 11.8 Å². The number of hydrogen-bond acceptors (Lipinski definition) is 4. The highest BCUT2D eigenvalue weighted by molar-refractivity contribution is 5.88. The lowest BCUT2D eigenvalue weighted by Crippen LogP contribution is -2.13. The molecule has 14 heavy (non-hydrogen) atoms. The van der Waals surface area contributed by atoms with Gasteiger partial charge >= 0.3 is 5.97 Å². The summed E-state index contributed by atoms with van der Waals surface area (Å²) in [4.78, 5) is 11.2. The Bertz CT molecular complexity index is 320. The summed E-state index contributed by atoms with van der Waals surface area (Å²) in [6.45, 7) is 0.872. The number of methoxy groups -OCH3 is 1. The molecule has 5 heteroatoms. The third kappa shape index (κ3) is 2.05. The summed E-state index contributed by atoms with van der Waals surface area (Å²) in [5, 5.41) is 0. The Hall–Kier alpha value is -1.49. The molecule has 1 aromatic heterocycles. The highest BCUT2D eigenvalue weighted by atomic mass is 16.5. The Morgan fingerprint density at radius 3 is 2.86 bits per heavy atom. The fraction of sp³-hybridized carbons (Fsp3) is 0.444. The molecule has 1 rings (SSSR count). The zero-order chi connectivity index (χ0) is 10.6.